The van der Waals surface area contributed by atoms with Crippen LogP contribution in [0, 0.1) is 6.92 Å². The lowest BCUT2D eigenvalue weighted by molar-refractivity contribution is 0.0909. The minimum atomic E-state index is -0.222. The Labute approximate surface area is 141 Å². The van der Waals surface area contributed by atoms with Gasteiger partial charge in [-0.3, -0.25) is 4.79 Å². The second kappa shape index (κ2) is 6.79. The third kappa shape index (κ3) is 3.13. The molecule has 0 fully saturated rings. The number of benzene rings is 2. The number of para-hydroxylation sites is 1. The van der Waals surface area contributed by atoms with Gasteiger partial charge in [0, 0.05) is 5.39 Å². The molecule has 2 aromatic carbocycles. The third-order valence-electron chi connectivity index (χ3n) is 4.14. The Morgan fingerprint density at radius 1 is 1.21 bits per heavy atom. The Balaban J connectivity index is 1.84. The molecule has 0 radical (unpaired) electrons. The Bertz CT molecular complexity index is 849. The number of furan rings is 1. The first-order chi connectivity index (χ1) is 11.6. The maximum atomic E-state index is 12.6. The summed E-state index contributed by atoms with van der Waals surface area (Å²) in [6.07, 6.45) is 0.804. The normalized spacial score (nSPS) is 12.1. The standard InChI is InChI=1S/C20H21NO3/c1-4-16(14-10-8-13(2)9-11-14)21-20(22)18-12-15-6-5-7-17(23-3)19(15)24-18/h5-12,16H,4H2,1-3H3,(H,21,22)/t16-/m0/s1. The van der Waals surface area contributed by atoms with Crippen molar-refractivity contribution in [2.75, 3.05) is 7.11 Å². The number of carbonyl (C=O) groups excluding carboxylic acids is 1. The van der Waals surface area contributed by atoms with Gasteiger partial charge in [-0.05, 0) is 31.0 Å². The predicted molar refractivity (Wildman–Crippen MR) is 94.4 cm³/mol. The van der Waals surface area contributed by atoms with Gasteiger partial charge in [0.05, 0.1) is 13.2 Å². The van der Waals surface area contributed by atoms with Crippen molar-refractivity contribution in [2.45, 2.75) is 26.3 Å². The molecule has 124 valence electrons. The van der Waals surface area contributed by atoms with E-state index in [1.165, 1.54) is 5.56 Å². The van der Waals surface area contributed by atoms with Crippen LogP contribution in [0.15, 0.2) is 52.9 Å². The van der Waals surface area contributed by atoms with Gasteiger partial charge in [0.25, 0.3) is 5.91 Å². The van der Waals surface area contributed by atoms with E-state index >= 15 is 0 Å². The summed E-state index contributed by atoms with van der Waals surface area (Å²) in [5.74, 6) is 0.692. The van der Waals surface area contributed by atoms with Crippen LogP contribution in [0.4, 0.5) is 0 Å². The van der Waals surface area contributed by atoms with Crippen LogP contribution in [0.2, 0.25) is 0 Å². The number of hydrogen-bond acceptors (Lipinski definition) is 3. The van der Waals surface area contributed by atoms with Crippen molar-refractivity contribution in [2.24, 2.45) is 0 Å². The van der Waals surface area contributed by atoms with Gasteiger partial charge >= 0.3 is 0 Å². The van der Waals surface area contributed by atoms with E-state index < -0.39 is 0 Å². The Morgan fingerprint density at radius 2 is 1.96 bits per heavy atom. The molecule has 0 aliphatic heterocycles. The first kappa shape index (κ1) is 16.1. The van der Waals surface area contributed by atoms with E-state index in [2.05, 4.69) is 17.4 Å². The van der Waals surface area contributed by atoms with E-state index in [-0.39, 0.29) is 11.9 Å². The van der Waals surface area contributed by atoms with Gasteiger partial charge in [-0.15, -0.1) is 0 Å². The average Bonchev–Trinajstić information content (AvgIpc) is 3.04. The summed E-state index contributed by atoms with van der Waals surface area (Å²) >= 11 is 0. The van der Waals surface area contributed by atoms with Gasteiger partial charge in [0.15, 0.2) is 17.1 Å². The molecule has 0 aliphatic carbocycles. The van der Waals surface area contributed by atoms with E-state index in [0.717, 1.165) is 17.4 Å². The van der Waals surface area contributed by atoms with E-state index in [0.29, 0.717) is 17.1 Å². The number of fused-ring (bicyclic) bond motifs is 1. The molecule has 1 aromatic heterocycles. The van der Waals surface area contributed by atoms with Crippen molar-refractivity contribution >= 4 is 16.9 Å². The zero-order chi connectivity index (χ0) is 17.1. The summed E-state index contributed by atoms with van der Waals surface area (Å²) in [6, 6.07) is 15.5. The van der Waals surface area contributed by atoms with Gasteiger partial charge in [0.1, 0.15) is 0 Å². The second-order valence-corrected chi connectivity index (χ2v) is 5.83. The molecule has 24 heavy (non-hydrogen) atoms. The number of carbonyl (C=O) groups is 1. The zero-order valence-corrected chi connectivity index (χ0v) is 14.1. The number of methoxy groups -OCH3 is 1. The first-order valence-corrected chi connectivity index (χ1v) is 8.06. The van der Waals surface area contributed by atoms with Gasteiger partial charge in [-0.25, -0.2) is 0 Å². The highest BCUT2D eigenvalue weighted by Gasteiger charge is 2.18. The van der Waals surface area contributed by atoms with E-state index in [1.807, 2.05) is 44.2 Å². The molecule has 1 atom stereocenters. The fourth-order valence-electron chi connectivity index (χ4n) is 2.76. The van der Waals surface area contributed by atoms with Crippen molar-refractivity contribution in [3.8, 4) is 5.75 Å². The zero-order valence-electron chi connectivity index (χ0n) is 14.1. The lowest BCUT2D eigenvalue weighted by Gasteiger charge is -2.16. The monoisotopic (exact) mass is 323 g/mol. The molecule has 0 saturated carbocycles. The molecule has 1 heterocycles. The third-order valence-corrected chi connectivity index (χ3v) is 4.14. The minimum absolute atomic E-state index is 0.0480. The molecule has 0 saturated heterocycles. The van der Waals surface area contributed by atoms with Crippen molar-refractivity contribution in [3.63, 3.8) is 0 Å². The van der Waals surface area contributed by atoms with Crippen LogP contribution in [0.3, 0.4) is 0 Å². The fraction of sp³-hybridized carbons (Fsp3) is 0.250. The van der Waals surface area contributed by atoms with Crippen LogP contribution in [-0.4, -0.2) is 13.0 Å². The lowest BCUT2D eigenvalue weighted by atomic mass is 10.0. The van der Waals surface area contributed by atoms with E-state index in [1.54, 1.807) is 13.2 Å². The Hall–Kier alpha value is -2.75. The first-order valence-electron chi connectivity index (χ1n) is 8.06. The van der Waals surface area contributed by atoms with Crippen LogP contribution in [-0.2, 0) is 0 Å². The molecule has 0 bridgehead atoms. The largest absolute Gasteiger partial charge is 0.493 e. The average molecular weight is 323 g/mol. The minimum Gasteiger partial charge on any atom is -0.493 e. The van der Waals surface area contributed by atoms with Crippen LogP contribution < -0.4 is 10.1 Å². The molecule has 1 amide bonds. The van der Waals surface area contributed by atoms with Crippen molar-refractivity contribution in [1.29, 1.82) is 0 Å². The summed E-state index contributed by atoms with van der Waals surface area (Å²) in [6.45, 7) is 4.09. The summed E-state index contributed by atoms with van der Waals surface area (Å²) in [7, 11) is 1.58. The molecule has 3 aromatic rings. The lowest BCUT2D eigenvalue weighted by Crippen LogP contribution is -2.27. The van der Waals surface area contributed by atoms with Gasteiger partial charge in [-0.2, -0.15) is 0 Å². The summed E-state index contributed by atoms with van der Waals surface area (Å²) in [5, 5.41) is 3.89. The smallest absolute Gasteiger partial charge is 0.287 e. The van der Waals surface area contributed by atoms with E-state index in [9.17, 15) is 4.79 Å². The number of amides is 1. The maximum absolute atomic E-state index is 12.6. The van der Waals surface area contributed by atoms with Gasteiger partial charge in [0.2, 0.25) is 0 Å². The number of hydrogen-bond donors (Lipinski definition) is 1. The molecule has 3 rings (SSSR count). The molecule has 0 aliphatic rings. The molecule has 1 N–H and O–H groups in total. The van der Waals surface area contributed by atoms with Crippen molar-refractivity contribution < 1.29 is 13.9 Å². The van der Waals surface area contributed by atoms with E-state index in [4.69, 9.17) is 9.15 Å². The molecular formula is C20H21NO3. The van der Waals surface area contributed by atoms with Gasteiger partial charge in [-0.1, -0.05) is 48.9 Å². The van der Waals surface area contributed by atoms with Crippen molar-refractivity contribution in [3.05, 3.63) is 65.4 Å². The highest BCUT2D eigenvalue weighted by molar-refractivity contribution is 5.97. The van der Waals surface area contributed by atoms with Gasteiger partial charge < -0.3 is 14.5 Å². The maximum Gasteiger partial charge on any atom is 0.287 e. The molecule has 4 nitrogen and oxygen atoms in total. The predicted octanol–water partition coefficient (Wildman–Crippen LogP) is 4.63. The molecule has 4 heteroatoms. The number of aryl methyl sites for hydroxylation is 1. The van der Waals surface area contributed by atoms with Crippen LogP contribution in [0.25, 0.3) is 11.0 Å². The summed E-state index contributed by atoms with van der Waals surface area (Å²) in [5.41, 5.74) is 2.88. The highest BCUT2D eigenvalue weighted by atomic mass is 16.5. The topological polar surface area (TPSA) is 51.5 Å². The SMILES string of the molecule is CC[C@H](NC(=O)c1cc2cccc(OC)c2o1)c1ccc(C)cc1. The quantitative estimate of drug-likeness (QED) is 0.744. The number of rotatable bonds is 5. The number of nitrogens with one attached hydrogen (secondary N) is 1. The molecule has 0 spiro atoms. The Kier molecular flexibility index (Phi) is 4.56. The van der Waals surface area contributed by atoms with Crippen LogP contribution in [0.5, 0.6) is 5.75 Å². The Morgan fingerprint density at radius 3 is 2.62 bits per heavy atom. The molecule has 0 unspecified atom stereocenters. The molecular weight excluding hydrogens is 302 g/mol. The van der Waals surface area contributed by atoms with Crippen molar-refractivity contribution in [1.82, 2.24) is 5.32 Å². The summed E-state index contributed by atoms with van der Waals surface area (Å²) < 4.78 is 11.0. The summed E-state index contributed by atoms with van der Waals surface area (Å²) in [4.78, 5) is 12.6. The highest BCUT2D eigenvalue weighted by Crippen LogP contribution is 2.29. The van der Waals surface area contributed by atoms with Crippen LogP contribution in [0.1, 0.15) is 41.1 Å². The number of ether oxygens (including phenoxy) is 1. The second-order valence-electron chi connectivity index (χ2n) is 5.83. The fourth-order valence-corrected chi connectivity index (χ4v) is 2.76. The van der Waals surface area contributed by atoms with Crippen LogP contribution >= 0.6 is 0 Å².